The van der Waals surface area contributed by atoms with Crippen molar-refractivity contribution in [3.8, 4) is 10.4 Å². The second kappa shape index (κ2) is 8.13. The summed E-state index contributed by atoms with van der Waals surface area (Å²) >= 11 is 7.31. The van der Waals surface area contributed by atoms with Crippen LogP contribution in [-0.2, 0) is 4.79 Å². The Kier molecular flexibility index (Phi) is 6.19. The van der Waals surface area contributed by atoms with Gasteiger partial charge < -0.3 is 10.2 Å². The van der Waals surface area contributed by atoms with E-state index in [1.807, 2.05) is 44.2 Å². The predicted octanol–water partition coefficient (Wildman–Crippen LogP) is 3.67. The number of nitrogens with zero attached hydrogens (tertiary/aromatic N) is 1. The van der Waals surface area contributed by atoms with Gasteiger partial charge in [-0.2, -0.15) is 0 Å². The lowest BCUT2D eigenvalue weighted by atomic mass is 10.2. The fourth-order valence-electron chi connectivity index (χ4n) is 2.13. The summed E-state index contributed by atoms with van der Waals surface area (Å²) in [6.45, 7) is 4.85. The molecule has 2 amide bonds. The molecule has 1 aromatic heterocycles. The van der Waals surface area contributed by atoms with E-state index < -0.39 is 0 Å². The van der Waals surface area contributed by atoms with Gasteiger partial charge in [-0.05, 0) is 43.7 Å². The molecule has 0 fully saturated rings. The van der Waals surface area contributed by atoms with Gasteiger partial charge in [0.2, 0.25) is 5.91 Å². The molecular formula is C17H19ClN2O2S. The van der Waals surface area contributed by atoms with Crippen LogP contribution in [0.1, 0.15) is 23.5 Å². The van der Waals surface area contributed by atoms with Gasteiger partial charge in [-0.15, -0.1) is 11.3 Å². The maximum atomic E-state index is 12.5. The van der Waals surface area contributed by atoms with Gasteiger partial charge in [-0.3, -0.25) is 9.59 Å². The third-order valence-corrected chi connectivity index (χ3v) is 4.70. The summed E-state index contributed by atoms with van der Waals surface area (Å²) in [4.78, 5) is 27.4. The molecule has 1 heterocycles. The number of hydrogen-bond donors (Lipinski definition) is 1. The van der Waals surface area contributed by atoms with Crippen molar-refractivity contribution in [1.29, 1.82) is 0 Å². The molecule has 0 aliphatic carbocycles. The average Bonchev–Trinajstić information content (AvgIpc) is 3.03. The Balaban J connectivity index is 2.13. The Morgan fingerprint density at radius 2 is 1.83 bits per heavy atom. The fraction of sp³-hybridized carbons (Fsp3) is 0.294. The van der Waals surface area contributed by atoms with E-state index in [1.54, 1.807) is 11.0 Å². The first-order chi connectivity index (χ1) is 11.0. The lowest BCUT2D eigenvalue weighted by Crippen LogP contribution is -2.40. The Morgan fingerprint density at radius 1 is 1.13 bits per heavy atom. The lowest BCUT2D eigenvalue weighted by Gasteiger charge is -2.19. The minimum atomic E-state index is -0.141. The van der Waals surface area contributed by atoms with Gasteiger partial charge in [0, 0.05) is 23.0 Å². The van der Waals surface area contributed by atoms with Gasteiger partial charge in [-0.1, -0.05) is 23.7 Å². The van der Waals surface area contributed by atoms with Crippen molar-refractivity contribution in [3.63, 3.8) is 0 Å². The van der Waals surface area contributed by atoms with Gasteiger partial charge in [0.1, 0.15) is 0 Å². The molecule has 0 unspecified atom stereocenters. The second-order valence-corrected chi connectivity index (χ2v) is 6.46. The number of carbonyl (C=O) groups is 2. The molecule has 23 heavy (non-hydrogen) atoms. The molecule has 1 N–H and O–H groups in total. The minimum Gasteiger partial charge on any atom is -0.355 e. The summed E-state index contributed by atoms with van der Waals surface area (Å²) in [5.74, 6) is -0.263. The SMILES string of the molecule is CCNC(=O)CN(CC)C(=O)c1ccc(-c2ccc(Cl)cc2)s1. The summed E-state index contributed by atoms with van der Waals surface area (Å²) in [5, 5.41) is 3.39. The van der Waals surface area contributed by atoms with E-state index >= 15 is 0 Å². The van der Waals surface area contributed by atoms with Crippen LogP contribution in [0.15, 0.2) is 36.4 Å². The summed E-state index contributed by atoms with van der Waals surface area (Å²) in [7, 11) is 0. The summed E-state index contributed by atoms with van der Waals surface area (Å²) in [6, 6.07) is 11.2. The highest BCUT2D eigenvalue weighted by Gasteiger charge is 2.19. The number of halogens is 1. The van der Waals surface area contributed by atoms with Crippen LogP contribution in [0.2, 0.25) is 5.02 Å². The highest BCUT2D eigenvalue weighted by molar-refractivity contribution is 7.17. The van der Waals surface area contributed by atoms with Crippen LogP contribution in [0, 0.1) is 0 Å². The third kappa shape index (κ3) is 4.56. The number of rotatable bonds is 6. The largest absolute Gasteiger partial charge is 0.355 e. The Hall–Kier alpha value is -1.85. The third-order valence-electron chi connectivity index (χ3n) is 3.32. The van der Waals surface area contributed by atoms with E-state index in [4.69, 9.17) is 11.6 Å². The molecule has 4 nitrogen and oxygen atoms in total. The van der Waals surface area contributed by atoms with Crippen molar-refractivity contribution < 1.29 is 9.59 Å². The molecule has 0 radical (unpaired) electrons. The van der Waals surface area contributed by atoms with Gasteiger partial charge in [0.15, 0.2) is 0 Å². The second-order valence-electron chi connectivity index (χ2n) is 4.94. The monoisotopic (exact) mass is 350 g/mol. The quantitative estimate of drug-likeness (QED) is 0.864. The van der Waals surface area contributed by atoms with E-state index in [0.29, 0.717) is 23.0 Å². The highest BCUT2D eigenvalue weighted by atomic mass is 35.5. The molecule has 0 saturated carbocycles. The number of nitrogens with one attached hydrogen (secondary N) is 1. The molecule has 0 spiro atoms. The molecule has 1 aromatic carbocycles. The van der Waals surface area contributed by atoms with Gasteiger partial charge in [0.05, 0.1) is 11.4 Å². The average molecular weight is 351 g/mol. The molecule has 6 heteroatoms. The van der Waals surface area contributed by atoms with Crippen LogP contribution < -0.4 is 5.32 Å². The Labute approximate surface area is 145 Å². The Morgan fingerprint density at radius 3 is 2.43 bits per heavy atom. The molecule has 0 atom stereocenters. The molecule has 2 aromatic rings. The molecule has 2 rings (SSSR count). The fourth-order valence-corrected chi connectivity index (χ4v) is 3.24. The zero-order valence-electron chi connectivity index (χ0n) is 13.1. The van der Waals surface area contributed by atoms with Crippen molar-refractivity contribution in [1.82, 2.24) is 10.2 Å². The van der Waals surface area contributed by atoms with Crippen molar-refractivity contribution in [2.24, 2.45) is 0 Å². The first-order valence-electron chi connectivity index (χ1n) is 7.46. The van der Waals surface area contributed by atoms with Crippen molar-refractivity contribution in [3.05, 3.63) is 46.3 Å². The normalized spacial score (nSPS) is 10.4. The lowest BCUT2D eigenvalue weighted by molar-refractivity contribution is -0.121. The molecule has 0 bridgehead atoms. The number of benzene rings is 1. The number of likely N-dealkylation sites (N-methyl/N-ethyl adjacent to an activating group) is 2. The van der Waals surface area contributed by atoms with E-state index in [-0.39, 0.29) is 18.4 Å². The zero-order chi connectivity index (χ0) is 16.8. The van der Waals surface area contributed by atoms with Gasteiger partial charge in [0.25, 0.3) is 5.91 Å². The maximum Gasteiger partial charge on any atom is 0.264 e. The molecule has 122 valence electrons. The van der Waals surface area contributed by atoms with E-state index in [2.05, 4.69) is 5.32 Å². The topological polar surface area (TPSA) is 49.4 Å². The number of carbonyl (C=O) groups excluding carboxylic acids is 2. The van der Waals surface area contributed by atoms with Crippen LogP contribution >= 0.6 is 22.9 Å². The predicted molar refractivity (Wildman–Crippen MR) is 95.0 cm³/mol. The van der Waals surface area contributed by atoms with Crippen LogP contribution in [0.4, 0.5) is 0 Å². The van der Waals surface area contributed by atoms with Crippen LogP contribution in [0.5, 0.6) is 0 Å². The first kappa shape index (κ1) is 17.5. The van der Waals surface area contributed by atoms with Crippen molar-refractivity contribution >= 4 is 34.8 Å². The molecule has 0 saturated heterocycles. The first-order valence-corrected chi connectivity index (χ1v) is 8.66. The molecule has 0 aliphatic heterocycles. The summed E-state index contributed by atoms with van der Waals surface area (Å²) in [5.41, 5.74) is 1.02. The zero-order valence-corrected chi connectivity index (χ0v) is 14.7. The highest BCUT2D eigenvalue weighted by Crippen LogP contribution is 2.29. The van der Waals surface area contributed by atoms with Gasteiger partial charge >= 0.3 is 0 Å². The van der Waals surface area contributed by atoms with Crippen LogP contribution in [-0.4, -0.2) is 36.3 Å². The van der Waals surface area contributed by atoms with Gasteiger partial charge in [-0.25, -0.2) is 0 Å². The summed E-state index contributed by atoms with van der Waals surface area (Å²) < 4.78 is 0. The van der Waals surface area contributed by atoms with E-state index in [1.165, 1.54) is 11.3 Å². The van der Waals surface area contributed by atoms with E-state index in [0.717, 1.165) is 10.4 Å². The van der Waals surface area contributed by atoms with Crippen molar-refractivity contribution in [2.75, 3.05) is 19.6 Å². The standard InChI is InChI=1S/C17H19ClN2O2S/c1-3-19-16(21)11-20(4-2)17(22)15-10-9-14(23-15)12-5-7-13(18)8-6-12/h5-10H,3-4,11H2,1-2H3,(H,19,21). The molecular weight excluding hydrogens is 332 g/mol. The summed E-state index contributed by atoms with van der Waals surface area (Å²) in [6.07, 6.45) is 0. The molecule has 0 aliphatic rings. The minimum absolute atomic E-state index is 0.0807. The van der Waals surface area contributed by atoms with Crippen LogP contribution in [0.25, 0.3) is 10.4 Å². The Bertz CT molecular complexity index is 682. The maximum absolute atomic E-state index is 12.5. The number of hydrogen-bond acceptors (Lipinski definition) is 3. The number of thiophene rings is 1. The van der Waals surface area contributed by atoms with E-state index in [9.17, 15) is 9.59 Å². The number of amides is 2. The van der Waals surface area contributed by atoms with Crippen molar-refractivity contribution in [2.45, 2.75) is 13.8 Å². The van der Waals surface area contributed by atoms with Crippen LogP contribution in [0.3, 0.4) is 0 Å². The smallest absolute Gasteiger partial charge is 0.264 e.